The zero-order valence-electron chi connectivity index (χ0n) is 13.5. The van der Waals surface area contributed by atoms with Crippen molar-refractivity contribution in [3.63, 3.8) is 0 Å². The van der Waals surface area contributed by atoms with Crippen LogP contribution in [-0.4, -0.2) is 9.78 Å². The van der Waals surface area contributed by atoms with Gasteiger partial charge in [0.1, 0.15) is 0 Å². The maximum absolute atomic E-state index is 4.34. The minimum atomic E-state index is 0.282. The summed E-state index contributed by atoms with van der Waals surface area (Å²) in [7, 11) is 2.00. The molecule has 1 aliphatic rings. The van der Waals surface area contributed by atoms with Crippen LogP contribution in [0.25, 0.3) is 0 Å². The summed E-state index contributed by atoms with van der Waals surface area (Å²) in [5.74, 6) is 0. The molecule has 1 aromatic heterocycles. The van der Waals surface area contributed by atoms with Gasteiger partial charge in [-0.3, -0.25) is 4.68 Å². The molecule has 0 amide bonds. The first-order valence-corrected chi connectivity index (χ1v) is 7.78. The zero-order valence-corrected chi connectivity index (χ0v) is 13.5. The van der Waals surface area contributed by atoms with Gasteiger partial charge in [-0.1, -0.05) is 38.1 Å². The van der Waals surface area contributed by atoms with Crippen LogP contribution in [0.15, 0.2) is 30.5 Å². The van der Waals surface area contributed by atoms with E-state index < -0.39 is 0 Å². The van der Waals surface area contributed by atoms with Gasteiger partial charge in [0, 0.05) is 30.9 Å². The molecular weight excluding hydrogens is 258 g/mol. The van der Waals surface area contributed by atoms with Crippen molar-refractivity contribution in [2.45, 2.75) is 46.2 Å². The summed E-state index contributed by atoms with van der Waals surface area (Å²) in [6, 6.07) is 9.27. The number of rotatable bonds is 3. The second-order valence-corrected chi connectivity index (χ2v) is 6.88. The van der Waals surface area contributed by atoms with Crippen LogP contribution in [0, 0.1) is 12.3 Å². The number of benzene rings is 1. The van der Waals surface area contributed by atoms with E-state index in [2.05, 4.69) is 55.5 Å². The van der Waals surface area contributed by atoms with Crippen molar-refractivity contribution >= 4 is 0 Å². The second kappa shape index (κ2) is 5.30. The van der Waals surface area contributed by atoms with Gasteiger partial charge in [0.25, 0.3) is 0 Å². The molecule has 1 heterocycles. The Morgan fingerprint density at radius 1 is 1.33 bits per heavy atom. The summed E-state index contributed by atoms with van der Waals surface area (Å²) >= 11 is 0. The fraction of sp³-hybridized carbons (Fsp3) is 0.500. The number of nitrogens with zero attached hydrogens (tertiary/aromatic N) is 2. The van der Waals surface area contributed by atoms with Gasteiger partial charge in [-0.25, -0.2) is 0 Å². The standard InChI is InChI=1S/C18H25N3/c1-13-15(12-20-21(13)4)11-19-17-16-8-6-5-7-14(16)9-10-18(17,2)3/h5-8,12,17,19H,9-11H2,1-4H3. The van der Waals surface area contributed by atoms with E-state index in [1.165, 1.54) is 35.2 Å². The van der Waals surface area contributed by atoms with E-state index in [1.54, 1.807) is 0 Å². The van der Waals surface area contributed by atoms with Crippen LogP contribution in [0.5, 0.6) is 0 Å². The molecule has 0 radical (unpaired) electrons. The van der Waals surface area contributed by atoms with E-state index in [4.69, 9.17) is 0 Å². The Morgan fingerprint density at radius 3 is 2.81 bits per heavy atom. The second-order valence-electron chi connectivity index (χ2n) is 6.88. The molecular formula is C18H25N3. The van der Waals surface area contributed by atoms with E-state index >= 15 is 0 Å². The molecule has 1 unspecified atom stereocenters. The van der Waals surface area contributed by atoms with Crippen molar-refractivity contribution in [2.24, 2.45) is 12.5 Å². The summed E-state index contributed by atoms with van der Waals surface area (Å²) < 4.78 is 1.94. The average Bonchev–Trinajstić information content (AvgIpc) is 2.78. The summed E-state index contributed by atoms with van der Waals surface area (Å²) in [5.41, 5.74) is 5.78. The number of aryl methyl sites for hydroxylation is 2. The highest BCUT2D eigenvalue weighted by Gasteiger charge is 2.35. The Morgan fingerprint density at radius 2 is 2.10 bits per heavy atom. The van der Waals surface area contributed by atoms with Crippen LogP contribution in [0.2, 0.25) is 0 Å². The van der Waals surface area contributed by atoms with Gasteiger partial charge in [0.05, 0.1) is 6.20 Å². The van der Waals surface area contributed by atoms with Crippen LogP contribution >= 0.6 is 0 Å². The monoisotopic (exact) mass is 283 g/mol. The normalized spacial score (nSPS) is 20.3. The molecule has 1 aliphatic carbocycles. The quantitative estimate of drug-likeness (QED) is 0.934. The van der Waals surface area contributed by atoms with Gasteiger partial charge in [0.15, 0.2) is 0 Å². The molecule has 0 aliphatic heterocycles. The lowest BCUT2D eigenvalue weighted by atomic mass is 9.70. The third-order valence-electron chi connectivity index (χ3n) is 5.02. The number of hydrogen-bond acceptors (Lipinski definition) is 2. The molecule has 3 rings (SSSR count). The molecule has 1 N–H and O–H groups in total. The fourth-order valence-corrected chi connectivity index (χ4v) is 3.38. The molecule has 0 fully saturated rings. The third-order valence-corrected chi connectivity index (χ3v) is 5.02. The lowest BCUT2D eigenvalue weighted by molar-refractivity contribution is 0.208. The lowest BCUT2D eigenvalue weighted by Crippen LogP contribution is -2.37. The SMILES string of the molecule is Cc1c(CNC2c3ccccc3CCC2(C)C)cnn1C. The Hall–Kier alpha value is -1.61. The molecule has 0 saturated carbocycles. The van der Waals surface area contributed by atoms with E-state index in [1.807, 2.05) is 17.9 Å². The van der Waals surface area contributed by atoms with Crippen LogP contribution in [0.4, 0.5) is 0 Å². The Labute approximate surface area is 127 Å². The number of hydrogen-bond donors (Lipinski definition) is 1. The average molecular weight is 283 g/mol. The minimum Gasteiger partial charge on any atom is -0.305 e. The largest absolute Gasteiger partial charge is 0.305 e. The van der Waals surface area contributed by atoms with Gasteiger partial charge >= 0.3 is 0 Å². The van der Waals surface area contributed by atoms with Gasteiger partial charge in [0.2, 0.25) is 0 Å². The highest BCUT2D eigenvalue weighted by Crippen LogP contribution is 2.43. The van der Waals surface area contributed by atoms with Crippen molar-refractivity contribution < 1.29 is 0 Å². The van der Waals surface area contributed by atoms with Gasteiger partial charge < -0.3 is 5.32 Å². The highest BCUT2D eigenvalue weighted by atomic mass is 15.3. The molecule has 21 heavy (non-hydrogen) atoms. The Bertz CT molecular complexity index is 640. The first-order chi connectivity index (χ1) is 9.99. The van der Waals surface area contributed by atoms with Crippen molar-refractivity contribution in [2.75, 3.05) is 0 Å². The summed E-state index contributed by atoms with van der Waals surface area (Å²) in [4.78, 5) is 0. The summed E-state index contributed by atoms with van der Waals surface area (Å²) in [6.45, 7) is 7.75. The molecule has 1 aromatic carbocycles. The van der Waals surface area contributed by atoms with E-state index in [-0.39, 0.29) is 5.41 Å². The molecule has 1 atom stereocenters. The fourth-order valence-electron chi connectivity index (χ4n) is 3.38. The van der Waals surface area contributed by atoms with Gasteiger partial charge in [-0.15, -0.1) is 0 Å². The van der Waals surface area contributed by atoms with Crippen molar-refractivity contribution in [3.05, 3.63) is 52.8 Å². The zero-order chi connectivity index (χ0) is 15.0. The Balaban J connectivity index is 1.84. The maximum Gasteiger partial charge on any atom is 0.0537 e. The number of aromatic nitrogens is 2. The van der Waals surface area contributed by atoms with Crippen molar-refractivity contribution in [3.8, 4) is 0 Å². The number of fused-ring (bicyclic) bond motifs is 1. The van der Waals surface area contributed by atoms with Crippen LogP contribution in [0.3, 0.4) is 0 Å². The van der Waals surface area contributed by atoms with Crippen molar-refractivity contribution in [1.82, 2.24) is 15.1 Å². The molecule has 0 bridgehead atoms. The minimum absolute atomic E-state index is 0.282. The first-order valence-electron chi connectivity index (χ1n) is 7.78. The maximum atomic E-state index is 4.34. The van der Waals surface area contributed by atoms with Gasteiger partial charge in [-0.05, 0) is 36.3 Å². The van der Waals surface area contributed by atoms with Gasteiger partial charge in [-0.2, -0.15) is 5.10 Å². The molecule has 3 nitrogen and oxygen atoms in total. The first kappa shape index (κ1) is 14.3. The van der Waals surface area contributed by atoms with Crippen molar-refractivity contribution in [1.29, 1.82) is 0 Å². The smallest absolute Gasteiger partial charge is 0.0537 e. The predicted molar refractivity (Wildman–Crippen MR) is 86.1 cm³/mol. The summed E-state index contributed by atoms with van der Waals surface area (Å²) in [5, 5.41) is 8.12. The van der Waals surface area contributed by atoms with Crippen LogP contribution < -0.4 is 5.32 Å². The number of nitrogens with one attached hydrogen (secondary N) is 1. The molecule has 112 valence electrons. The molecule has 0 saturated heterocycles. The predicted octanol–water partition coefficient (Wildman–Crippen LogP) is 3.53. The third kappa shape index (κ3) is 2.62. The van der Waals surface area contributed by atoms with E-state index in [0.29, 0.717) is 6.04 Å². The summed E-state index contributed by atoms with van der Waals surface area (Å²) in [6.07, 6.45) is 4.39. The lowest BCUT2D eigenvalue weighted by Gasteiger charge is -2.40. The van der Waals surface area contributed by atoms with E-state index in [9.17, 15) is 0 Å². The van der Waals surface area contributed by atoms with Crippen LogP contribution in [0.1, 0.15) is 48.7 Å². The Kier molecular flexibility index (Phi) is 3.62. The highest BCUT2D eigenvalue weighted by molar-refractivity contribution is 5.34. The molecule has 2 aromatic rings. The molecule has 0 spiro atoms. The topological polar surface area (TPSA) is 29.9 Å². The molecule has 3 heteroatoms. The van der Waals surface area contributed by atoms with E-state index in [0.717, 1.165) is 6.54 Å². The van der Waals surface area contributed by atoms with Crippen LogP contribution in [-0.2, 0) is 20.0 Å².